The van der Waals surface area contributed by atoms with Gasteiger partial charge in [-0.05, 0) is 48.2 Å². The normalized spacial score (nSPS) is 16.9. The molecule has 0 amide bonds. The fourth-order valence-electron chi connectivity index (χ4n) is 4.40. The van der Waals surface area contributed by atoms with Gasteiger partial charge >= 0.3 is 0 Å². The van der Waals surface area contributed by atoms with Crippen LogP contribution in [0.15, 0.2) is 59.4 Å². The molecule has 0 atom stereocenters. The summed E-state index contributed by atoms with van der Waals surface area (Å²) in [6.07, 6.45) is 0.982. The third-order valence-corrected chi connectivity index (χ3v) is 6.06. The van der Waals surface area contributed by atoms with Crippen LogP contribution in [-0.2, 0) is 13.1 Å². The molecule has 1 aromatic heterocycles. The first-order chi connectivity index (χ1) is 14.8. The van der Waals surface area contributed by atoms with Crippen molar-refractivity contribution < 1.29 is 9.47 Å². The number of rotatable bonds is 6. The van der Waals surface area contributed by atoms with Gasteiger partial charge in [-0.3, -0.25) is 9.69 Å². The van der Waals surface area contributed by atoms with E-state index in [-0.39, 0.29) is 5.56 Å². The molecule has 3 aromatic rings. The monoisotopic (exact) mass is 405 g/mol. The van der Waals surface area contributed by atoms with Gasteiger partial charge in [0.2, 0.25) is 6.79 Å². The number of hydrogen-bond acceptors (Lipinski definition) is 5. The molecular formula is C24H27N3O3. The summed E-state index contributed by atoms with van der Waals surface area (Å²) in [4.78, 5) is 17.3. The van der Waals surface area contributed by atoms with Crippen molar-refractivity contribution in [1.82, 2.24) is 14.4 Å². The Kier molecular flexibility index (Phi) is 5.43. The van der Waals surface area contributed by atoms with Crippen molar-refractivity contribution >= 4 is 10.9 Å². The Morgan fingerprint density at radius 1 is 0.800 bits per heavy atom. The molecule has 1 fully saturated rings. The number of ether oxygens (including phenoxy) is 2. The SMILES string of the molecule is O=c1ccc2ccccc2n1CCCN1CCN(Cc2ccc3c(c2)OCO3)CC1. The second kappa shape index (κ2) is 8.50. The largest absolute Gasteiger partial charge is 0.454 e. The van der Waals surface area contributed by atoms with E-state index < -0.39 is 0 Å². The Labute approximate surface area is 176 Å². The minimum Gasteiger partial charge on any atom is -0.454 e. The zero-order valence-corrected chi connectivity index (χ0v) is 17.1. The zero-order valence-electron chi connectivity index (χ0n) is 17.1. The summed E-state index contributed by atoms with van der Waals surface area (Å²) in [5.74, 6) is 1.70. The number of fused-ring (bicyclic) bond motifs is 2. The standard InChI is InChI=1S/C24H27N3O3/c28-24-9-7-20-4-1-2-5-21(20)27(24)11-3-10-25-12-14-26(15-13-25)17-19-6-8-22-23(16-19)30-18-29-22/h1-2,4-9,16H,3,10-15,17-18H2. The topological polar surface area (TPSA) is 46.9 Å². The van der Waals surface area contributed by atoms with Gasteiger partial charge in [-0.2, -0.15) is 0 Å². The highest BCUT2D eigenvalue weighted by Gasteiger charge is 2.19. The summed E-state index contributed by atoms with van der Waals surface area (Å²) >= 11 is 0. The van der Waals surface area contributed by atoms with E-state index >= 15 is 0 Å². The quantitative estimate of drug-likeness (QED) is 0.631. The molecule has 0 bridgehead atoms. The van der Waals surface area contributed by atoms with Crippen molar-refractivity contribution in [3.8, 4) is 11.5 Å². The van der Waals surface area contributed by atoms with Crippen LogP contribution in [-0.4, -0.2) is 53.9 Å². The molecule has 5 rings (SSSR count). The van der Waals surface area contributed by atoms with Crippen LogP contribution in [0.25, 0.3) is 10.9 Å². The summed E-state index contributed by atoms with van der Waals surface area (Å²) in [6, 6.07) is 17.9. The van der Waals surface area contributed by atoms with Gasteiger partial charge in [0.25, 0.3) is 5.56 Å². The van der Waals surface area contributed by atoms with Crippen LogP contribution >= 0.6 is 0 Å². The van der Waals surface area contributed by atoms with Crippen LogP contribution < -0.4 is 15.0 Å². The maximum absolute atomic E-state index is 12.3. The highest BCUT2D eigenvalue weighted by molar-refractivity contribution is 5.78. The smallest absolute Gasteiger partial charge is 0.251 e. The van der Waals surface area contributed by atoms with E-state index in [9.17, 15) is 4.79 Å². The molecule has 2 aromatic carbocycles. The molecule has 156 valence electrons. The molecule has 0 N–H and O–H groups in total. The van der Waals surface area contributed by atoms with E-state index in [0.717, 1.165) is 74.6 Å². The number of piperazine rings is 1. The lowest BCUT2D eigenvalue weighted by Gasteiger charge is -2.34. The van der Waals surface area contributed by atoms with Crippen molar-refractivity contribution in [2.45, 2.75) is 19.5 Å². The second-order valence-electron chi connectivity index (χ2n) is 8.04. The third kappa shape index (κ3) is 4.06. The summed E-state index contributed by atoms with van der Waals surface area (Å²) in [5.41, 5.74) is 2.38. The Morgan fingerprint density at radius 2 is 1.60 bits per heavy atom. The molecular weight excluding hydrogens is 378 g/mol. The summed E-state index contributed by atoms with van der Waals surface area (Å²) in [6.45, 7) is 7.29. The first kappa shape index (κ1) is 19.2. The summed E-state index contributed by atoms with van der Waals surface area (Å²) < 4.78 is 12.8. The predicted octanol–water partition coefficient (Wildman–Crippen LogP) is 2.94. The molecule has 0 saturated carbocycles. The van der Waals surface area contributed by atoms with Crippen molar-refractivity contribution in [1.29, 1.82) is 0 Å². The highest BCUT2D eigenvalue weighted by Crippen LogP contribution is 2.32. The number of pyridine rings is 1. The highest BCUT2D eigenvalue weighted by atomic mass is 16.7. The number of aromatic nitrogens is 1. The zero-order chi connectivity index (χ0) is 20.3. The summed E-state index contributed by atoms with van der Waals surface area (Å²) in [7, 11) is 0. The first-order valence-electron chi connectivity index (χ1n) is 10.7. The van der Waals surface area contributed by atoms with Gasteiger partial charge in [0.05, 0.1) is 5.52 Å². The Hall–Kier alpha value is -2.83. The van der Waals surface area contributed by atoms with Crippen molar-refractivity contribution in [3.05, 3.63) is 70.5 Å². The lowest BCUT2D eigenvalue weighted by atomic mass is 10.1. The minimum absolute atomic E-state index is 0.0854. The molecule has 2 aliphatic heterocycles. The average molecular weight is 405 g/mol. The minimum atomic E-state index is 0.0854. The molecule has 3 heterocycles. The van der Waals surface area contributed by atoms with E-state index in [1.807, 2.05) is 34.9 Å². The summed E-state index contributed by atoms with van der Waals surface area (Å²) in [5, 5.41) is 1.12. The molecule has 6 nitrogen and oxygen atoms in total. The Balaban J connectivity index is 1.11. The lowest BCUT2D eigenvalue weighted by Crippen LogP contribution is -2.46. The molecule has 0 spiro atoms. The van der Waals surface area contributed by atoms with Crippen LogP contribution in [0.5, 0.6) is 11.5 Å². The van der Waals surface area contributed by atoms with Crippen molar-refractivity contribution in [3.63, 3.8) is 0 Å². The van der Waals surface area contributed by atoms with Crippen LogP contribution in [0.3, 0.4) is 0 Å². The van der Waals surface area contributed by atoms with Gasteiger partial charge in [-0.1, -0.05) is 24.3 Å². The fraction of sp³-hybridized carbons (Fsp3) is 0.375. The predicted molar refractivity (Wildman–Crippen MR) is 117 cm³/mol. The second-order valence-corrected chi connectivity index (χ2v) is 8.04. The maximum atomic E-state index is 12.3. The van der Waals surface area contributed by atoms with Gasteiger partial charge in [-0.15, -0.1) is 0 Å². The molecule has 0 radical (unpaired) electrons. The number of nitrogens with zero attached hydrogens (tertiary/aromatic N) is 3. The number of aryl methyl sites for hydroxylation is 1. The maximum Gasteiger partial charge on any atom is 0.251 e. The molecule has 2 aliphatic rings. The van der Waals surface area contributed by atoms with Crippen LogP contribution in [0.4, 0.5) is 0 Å². The van der Waals surface area contributed by atoms with Crippen molar-refractivity contribution in [2.24, 2.45) is 0 Å². The fourth-order valence-corrected chi connectivity index (χ4v) is 4.40. The molecule has 1 saturated heterocycles. The first-order valence-corrected chi connectivity index (χ1v) is 10.7. The molecule has 30 heavy (non-hydrogen) atoms. The molecule has 0 unspecified atom stereocenters. The molecule has 0 aliphatic carbocycles. The van der Waals surface area contributed by atoms with Crippen LogP contribution in [0.2, 0.25) is 0 Å². The van der Waals surface area contributed by atoms with Crippen LogP contribution in [0, 0.1) is 0 Å². The van der Waals surface area contributed by atoms with E-state index in [2.05, 4.69) is 28.0 Å². The van der Waals surface area contributed by atoms with Gasteiger partial charge in [0.15, 0.2) is 11.5 Å². The number of benzene rings is 2. The van der Waals surface area contributed by atoms with Gasteiger partial charge < -0.3 is 18.9 Å². The van der Waals surface area contributed by atoms with Gasteiger partial charge in [0, 0.05) is 45.3 Å². The Morgan fingerprint density at radius 3 is 2.50 bits per heavy atom. The van der Waals surface area contributed by atoms with Crippen LogP contribution in [0.1, 0.15) is 12.0 Å². The third-order valence-electron chi connectivity index (χ3n) is 6.06. The van der Waals surface area contributed by atoms with Gasteiger partial charge in [0.1, 0.15) is 0 Å². The van der Waals surface area contributed by atoms with E-state index in [1.165, 1.54) is 5.56 Å². The van der Waals surface area contributed by atoms with Crippen molar-refractivity contribution in [2.75, 3.05) is 39.5 Å². The Bertz CT molecular complexity index is 1090. The average Bonchev–Trinajstić information content (AvgIpc) is 3.24. The number of hydrogen-bond donors (Lipinski definition) is 0. The van der Waals surface area contributed by atoms with E-state index in [0.29, 0.717) is 6.79 Å². The van der Waals surface area contributed by atoms with Gasteiger partial charge in [-0.25, -0.2) is 0 Å². The number of para-hydroxylation sites is 1. The van der Waals surface area contributed by atoms with E-state index in [1.54, 1.807) is 6.07 Å². The van der Waals surface area contributed by atoms with E-state index in [4.69, 9.17) is 9.47 Å². The molecule has 6 heteroatoms. The lowest BCUT2D eigenvalue weighted by molar-refractivity contribution is 0.125.